The molecule has 2 N–H and O–H groups in total. The van der Waals surface area contributed by atoms with Gasteiger partial charge in [-0.3, -0.25) is 0 Å². The van der Waals surface area contributed by atoms with Gasteiger partial charge in [0.15, 0.2) is 5.96 Å². The fraction of sp³-hybridized carbons (Fsp3) is 0.368. The number of nitrogens with zero attached hydrogens (tertiary/aromatic N) is 2. The molecular weight excluding hydrogens is 316 g/mol. The van der Waals surface area contributed by atoms with Crippen molar-refractivity contribution in [2.75, 3.05) is 27.3 Å². The van der Waals surface area contributed by atoms with Gasteiger partial charge in [0, 0.05) is 25.4 Å². The van der Waals surface area contributed by atoms with Crippen LogP contribution in [0.25, 0.3) is 0 Å². The molecule has 0 amide bonds. The largest absolute Gasteiger partial charge is 0.497 e. The maximum Gasteiger partial charge on any atom is 0.212 e. The third-order valence-electron chi connectivity index (χ3n) is 3.64. The van der Waals surface area contributed by atoms with Crippen molar-refractivity contribution in [1.29, 1.82) is 0 Å². The van der Waals surface area contributed by atoms with Gasteiger partial charge in [-0.15, -0.1) is 0 Å². The van der Waals surface area contributed by atoms with Crippen LogP contribution >= 0.6 is 0 Å². The number of rotatable bonds is 8. The molecule has 2 aromatic rings. The number of benzene rings is 1. The topological polar surface area (TPSA) is 67.8 Å². The Hall–Kier alpha value is -2.76. The maximum atomic E-state index is 5.17. The van der Waals surface area contributed by atoms with Crippen LogP contribution in [0.2, 0.25) is 0 Å². The Labute approximate surface area is 149 Å². The number of ether oxygens (including phenoxy) is 2. The molecule has 25 heavy (non-hydrogen) atoms. The summed E-state index contributed by atoms with van der Waals surface area (Å²) in [5, 5.41) is 6.61. The van der Waals surface area contributed by atoms with Crippen molar-refractivity contribution in [3.8, 4) is 11.6 Å². The summed E-state index contributed by atoms with van der Waals surface area (Å²) in [7, 11) is 3.28. The van der Waals surface area contributed by atoms with E-state index in [0.717, 1.165) is 36.8 Å². The zero-order valence-corrected chi connectivity index (χ0v) is 15.1. The third kappa shape index (κ3) is 6.33. The van der Waals surface area contributed by atoms with Crippen molar-refractivity contribution >= 4 is 5.96 Å². The molecule has 1 heterocycles. The Kier molecular flexibility index (Phi) is 7.56. The molecule has 0 aliphatic rings. The Morgan fingerprint density at radius 1 is 1.00 bits per heavy atom. The predicted molar refractivity (Wildman–Crippen MR) is 100 cm³/mol. The lowest BCUT2D eigenvalue weighted by Crippen LogP contribution is -2.38. The molecule has 0 saturated heterocycles. The highest BCUT2D eigenvalue weighted by atomic mass is 16.5. The predicted octanol–water partition coefficient (Wildman–Crippen LogP) is 2.40. The summed E-state index contributed by atoms with van der Waals surface area (Å²) in [6, 6.07) is 11.9. The standard InChI is InChI=1S/C19H26N4O2/c1-4-20-19(23-14-16-7-10-18(25-3)22-13-16)21-12-11-15-5-8-17(24-2)9-6-15/h5-10,13H,4,11-12,14H2,1-3H3,(H2,20,21,23). The van der Waals surface area contributed by atoms with E-state index in [1.165, 1.54) is 5.56 Å². The second kappa shape index (κ2) is 10.2. The van der Waals surface area contributed by atoms with Gasteiger partial charge < -0.3 is 20.1 Å². The summed E-state index contributed by atoms with van der Waals surface area (Å²) < 4.78 is 10.2. The number of pyridine rings is 1. The molecule has 0 spiro atoms. The summed E-state index contributed by atoms with van der Waals surface area (Å²) in [6.45, 7) is 4.23. The second-order valence-electron chi connectivity index (χ2n) is 5.43. The quantitative estimate of drug-likeness (QED) is 0.569. The molecule has 2 rings (SSSR count). The average molecular weight is 342 g/mol. The first kappa shape index (κ1) is 18.6. The molecule has 0 saturated carbocycles. The Bertz CT molecular complexity index is 654. The lowest BCUT2D eigenvalue weighted by atomic mass is 10.1. The lowest BCUT2D eigenvalue weighted by molar-refractivity contribution is 0.397. The van der Waals surface area contributed by atoms with E-state index in [2.05, 4.69) is 39.7 Å². The number of methoxy groups -OCH3 is 2. The minimum atomic E-state index is 0.564. The molecule has 0 aliphatic heterocycles. The second-order valence-corrected chi connectivity index (χ2v) is 5.43. The molecule has 0 radical (unpaired) electrons. The fourth-order valence-corrected chi connectivity index (χ4v) is 2.25. The van der Waals surface area contributed by atoms with Gasteiger partial charge in [-0.05, 0) is 36.6 Å². The number of guanidine groups is 1. The third-order valence-corrected chi connectivity index (χ3v) is 3.64. The normalized spacial score (nSPS) is 11.1. The Morgan fingerprint density at radius 3 is 2.36 bits per heavy atom. The number of nitrogens with one attached hydrogen (secondary N) is 2. The molecule has 1 aromatic carbocycles. The van der Waals surface area contributed by atoms with Crippen LogP contribution in [-0.2, 0) is 13.0 Å². The molecule has 6 heteroatoms. The van der Waals surface area contributed by atoms with Crippen LogP contribution in [0.3, 0.4) is 0 Å². The molecule has 0 atom stereocenters. The van der Waals surface area contributed by atoms with E-state index in [0.29, 0.717) is 12.4 Å². The first-order valence-electron chi connectivity index (χ1n) is 8.39. The summed E-state index contributed by atoms with van der Waals surface area (Å²) in [5.74, 6) is 2.28. The highest BCUT2D eigenvalue weighted by Crippen LogP contribution is 2.11. The van der Waals surface area contributed by atoms with Gasteiger partial charge in [-0.2, -0.15) is 0 Å². The first-order chi connectivity index (χ1) is 12.2. The first-order valence-corrected chi connectivity index (χ1v) is 8.39. The highest BCUT2D eigenvalue weighted by molar-refractivity contribution is 5.79. The van der Waals surface area contributed by atoms with Crippen molar-refractivity contribution in [1.82, 2.24) is 15.6 Å². The van der Waals surface area contributed by atoms with E-state index in [9.17, 15) is 0 Å². The summed E-state index contributed by atoms with van der Waals surface area (Å²) in [4.78, 5) is 8.79. The Balaban J connectivity index is 1.85. The zero-order chi connectivity index (χ0) is 17.9. The van der Waals surface area contributed by atoms with E-state index < -0.39 is 0 Å². The minimum Gasteiger partial charge on any atom is -0.497 e. The SMILES string of the molecule is CCNC(=NCc1ccc(OC)nc1)NCCc1ccc(OC)cc1. The molecule has 0 fully saturated rings. The monoisotopic (exact) mass is 342 g/mol. The van der Waals surface area contributed by atoms with Gasteiger partial charge in [0.1, 0.15) is 5.75 Å². The van der Waals surface area contributed by atoms with Crippen LogP contribution in [0, 0.1) is 0 Å². The number of aromatic nitrogens is 1. The minimum absolute atomic E-state index is 0.564. The van der Waals surface area contributed by atoms with E-state index >= 15 is 0 Å². The van der Waals surface area contributed by atoms with Crippen molar-refractivity contribution in [3.05, 3.63) is 53.7 Å². The molecule has 134 valence electrons. The van der Waals surface area contributed by atoms with Crippen LogP contribution in [-0.4, -0.2) is 38.3 Å². The van der Waals surface area contributed by atoms with E-state index in [1.54, 1.807) is 20.4 Å². The van der Waals surface area contributed by atoms with Crippen LogP contribution in [0.5, 0.6) is 11.6 Å². The molecule has 0 bridgehead atoms. The van der Waals surface area contributed by atoms with Crippen LogP contribution < -0.4 is 20.1 Å². The maximum absolute atomic E-state index is 5.17. The summed E-state index contributed by atoms with van der Waals surface area (Å²) in [5.41, 5.74) is 2.29. The number of hydrogen-bond donors (Lipinski definition) is 2. The van der Waals surface area contributed by atoms with Gasteiger partial charge in [0.05, 0.1) is 20.8 Å². The highest BCUT2D eigenvalue weighted by Gasteiger charge is 2.00. The van der Waals surface area contributed by atoms with Gasteiger partial charge in [-0.25, -0.2) is 9.98 Å². The number of hydrogen-bond acceptors (Lipinski definition) is 4. The molecule has 0 aliphatic carbocycles. The lowest BCUT2D eigenvalue weighted by Gasteiger charge is -2.11. The van der Waals surface area contributed by atoms with Crippen LogP contribution in [0.1, 0.15) is 18.1 Å². The fourth-order valence-electron chi connectivity index (χ4n) is 2.25. The van der Waals surface area contributed by atoms with Crippen molar-refractivity contribution < 1.29 is 9.47 Å². The summed E-state index contributed by atoms with van der Waals surface area (Å²) >= 11 is 0. The van der Waals surface area contributed by atoms with Crippen LogP contribution in [0.4, 0.5) is 0 Å². The molecular formula is C19H26N4O2. The van der Waals surface area contributed by atoms with Crippen molar-refractivity contribution in [3.63, 3.8) is 0 Å². The van der Waals surface area contributed by atoms with E-state index in [-0.39, 0.29) is 0 Å². The van der Waals surface area contributed by atoms with Crippen LogP contribution in [0.15, 0.2) is 47.6 Å². The summed E-state index contributed by atoms with van der Waals surface area (Å²) in [6.07, 6.45) is 2.70. The molecule has 0 unspecified atom stereocenters. The van der Waals surface area contributed by atoms with Gasteiger partial charge in [-0.1, -0.05) is 18.2 Å². The van der Waals surface area contributed by atoms with Gasteiger partial charge in [0.25, 0.3) is 0 Å². The molecule has 6 nitrogen and oxygen atoms in total. The Morgan fingerprint density at radius 2 is 1.76 bits per heavy atom. The van der Waals surface area contributed by atoms with Gasteiger partial charge in [0.2, 0.25) is 5.88 Å². The zero-order valence-electron chi connectivity index (χ0n) is 15.1. The van der Waals surface area contributed by atoms with Gasteiger partial charge >= 0.3 is 0 Å². The van der Waals surface area contributed by atoms with E-state index in [1.807, 2.05) is 24.3 Å². The average Bonchev–Trinajstić information content (AvgIpc) is 2.67. The number of aliphatic imine (C=N–C) groups is 1. The van der Waals surface area contributed by atoms with Crippen molar-refractivity contribution in [2.45, 2.75) is 19.9 Å². The van der Waals surface area contributed by atoms with Crippen molar-refractivity contribution in [2.24, 2.45) is 4.99 Å². The molecule has 1 aromatic heterocycles. The van der Waals surface area contributed by atoms with E-state index in [4.69, 9.17) is 9.47 Å². The smallest absolute Gasteiger partial charge is 0.212 e.